The van der Waals surface area contributed by atoms with Gasteiger partial charge in [-0.05, 0) is 109 Å². The van der Waals surface area contributed by atoms with Crippen LogP contribution >= 0.6 is 0 Å². The average Bonchev–Trinajstić information content (AvgIpc) is 3.01. The number of ether oxygens (including phenoxy) is 3. The Morgan fingerprint density at radius 2 is 1.86 bits per heavy atom. The first-order chi connectivity index (χ1) is 20.8. The number of benzene rings is 4. The van der Waals surface area contributed by atoms with Crippen LogP contribution < -0.4 is 19.5 Å². The number of carbonyl (C=O) groups excluding carboxylic acids is 2. The number of aromatic hydroxyl groups is 1. The lowest BCUT2D eigenvalue weighted by Gasteiger charge is -2.38. The van der Waals surface area contributed by atoms with E-state index >= 15 is 0 Å². The molecule has 8 bridgehead atoms. The number of nitrogens with zero attached hydrogens (tertiary/aromatic N) is 1. The van der Waals surface area contributed by atoms with Gasteiger partial charge in [-0.25, -0.2) is 0 Å². The van der Waals surface area contributed by atoms with Gasteiger partial charge in [0, 0.05) is 18.7 Å². The van der Waals surface area contributed by atoms with Gasteiger partial charge in [-0.15, -0.1) is 0 Å². The molecular formula is C35H34N2O6. The van der Waals surface area contributed by atoms with Crippen LogP contribution in [0.4, 0.5) is 0 Å². The summed E-state index contributed by atoms with van der Waals surface area (Å²) in [6, 6.07) is 21.7. The maximum atomic E-state index is 14.1. The number of hydrogen-bond donors (Lipinski definition) is 2. The number of amides is 2. The van der Waals surface area contributed by atoms with Crippen molar-refractivity contribution in [3.8, 4) is 28.7 Å². The Bertz CT molecular complexity index is 1720. The molecule has 3 aliphatic heterocycles. The van der Waals surface area contributed by atoms with E-state index in [1.807, 2.05) is 73.3 Å². The molecule has 0 aromatic heterocycles. The van der Waals surface area contributed by atoms with E-state index in [2.05, 4.69) is 5.32 Å². The van der Waals surface area contributed by atoms with Gasteiger partial charge in [-0.2, -0.15) is 0 Å². The van der Waals surface area contributed by atoms with Crippen molar-refractivity contribution in [2.75, 3.05) is 26.8 Å². The summed E-state index contributed by atoms with van der Waals surface area (Å²) in [6.45, 7) is 5.30. The molecule has 3 heterocycles. The first kappa shape index (κ1) is 28.2. The van der Waals surface area contributed by atoms with Crippen molar-refractivity contribution in [3.05, 3.63) is 112 Å². The highest BCUT2D eigenvalue weighted by atomic mass is 16.5. The van der Waals surface area contributed by atoms with Crippen molar-refractivity contribution < 1.29 is 28.9 Å². The van der Waals surface area contributed by atoms with Gasteiger partial charge >= 0.3 is 0 Å². The maximum absolute atomic E-state index is 14.1. The van der Waals surface area contributed by atoms with E-state index in [1.165, 1.54) is 12.1 Å². The quantitative estimate of drug-likeness (QED) is 0.298. The Hall–Kier alpha value is -4.98. The fourth-order valence-corrected chi connectivity index (χ4v) is 5.71. The van der Waals surface area contributed by atoms with Gasteiger partial charge in [0.2, 0.25) is 0 Å². The molecule has 0 saturated carbocycles. The molecule has 2 amide bonds. The molecule has 2 N–H and O–H groups in total. The summed E-state index contributed by atoms with van der Waals surface area (Å²) in [7, 11) is 1.57. The Morgan fingerprint density at radius 1 is 1.00 bits per heavy atom. The third kappa shape index (κ3) is 5.60. The Kier molecular flexibility index (Phi) is 7.67. The molecule has 8 heteroatoms. The average molecular weight is 579 g/mol. The van der Waals surface area contributed by atoms with Gasteiger partial charge in [0.15, 0.2) is 11.5 Å². The first-order valence-electron chi connectivity index (χ1n) is 14.4. The molecule has 8 nitrogen and oxygen atoms in total. The number of rotatable bonds is 2. The summed E-state index contributed by atoms with van der Waals surface area (Å²) >= 11 is 0. The molecule has 4 aromatic rings. The zero-order valence-corrected chi connectivity index (χ0v) is 24.5. The summed E-state index contributed by atoms with van der Waals surface area (Å²) < 4.78 is 18.1. The molecule has 7 rings (SSSR count). The summed E-state index contributed by atoms with van der Waals surface area (Å²) in [5, 5.41) is 13.2. The second-order valence-electron chi connectivity index (χ2n) is 11.0. The zero-order valence-electron chi connectivity index (χ0n) is 24.5. The molecule has 1 atom stereocenters. The van der Waals surface area contributed by atoms with Crippen LogP contribution in [0.25, 0.3) is 0 Å². The molecule has 0 saturated heterocycles. The standard InChI is InChI=1S/C35H34N2O6/c1-21-8-9-25(16-22(21)2)35(40)37-14-12-23-18-32-31(41-3)20-28(23)33(37)24-6-4-7-26(17-24)42-15-5-13-36-34(39)29-19-27(43-32)10-11-30(29)38/h4,6-11,16-20,33,38H,5,12-15H2,1-3H3,(H,36,39). The van der Waals surface area contributed by atoms with Crippen molar-refractivity contribution in [1.82, 2.24) is 10.2 Å². The van der Waals surface area contributed by atoms with E-state index in [0.717, 1.165) is 27.8 Å². The van der Waals surface area contributed by atoms with Crippen molar-refractivity contribution >= 4 is 11.8 Å². The number of nitrogens with one attached hydrogen (secondary N) is 1. The minimum absolute atomic E-state index is 0.0427. The minimum atomic E-state index is -0.403. The highest BCUT2D eigenvalue weighted by molar-refractivity contribution is 5.97. The van der Waals surface area contributed by atoms with Gasteiger partial charge in [0.25, 0.3) is 11.8 Å². The fraction of sp³-hybridized carbons (Fsp3) is 0.257. The van der Waals surface area contributed by atoms with Gasteiger partial charge in [0.05, 0.1) is 25.3 Å². The zero-order chi connectivity index (χ0) is 30.1. The summed E-state index contributed by atoms with van der Waals surface area (Å²) in [6.07, 6.45) is 1.18. The van der Waals surface area contributed by atoms with Crippen LogP contribution in [0.5, 0.6) is 28.7 Å². The predicted molar refractivity (Wildman–Crippen MR) is 163 cm³/mol. The summed E-state index contributed by atoms with van der Waals surface area (Å²) in [4.78, 5) is 28.8. The Morgan fingerprint density at radius 3 is 2.67 bits per heavy atom. The normalized spacial score (nSPS) is 16.3. The lowest BCUT2D eigenvalue weighted by Crippen LogP contribution is -2.40. The molecular weight excluding hydrogens is 544 g/mol. The second-order valence-corrected chi connectivity index (χ2v) is 11.0. The molecule has 0 fully saturated rings. The number of fused-ring (bicyclic) bond motifs is 6. The molecule has 1 unspecified atom stereocenters. The monoisotopic (exact) mass is 578 g/mol. The van der Waals surface area contributed by atoms with E-state index in [1.54, 1.807) is 13.2 Å². The molecule has 43 heavy (non-hydrogen) atoms. The van der Waals surface area contributed by atoms with E-state index in [-0.39, 0.29) is 23.3 Å². The van der Waals surface area contributed by atoms with Crippen LogP contribution in [0.15, 0.2) is 72.8 Å². The highest BCUT2D eigenvalue weighted by Crippen LogP contribution is 2.43. The number of methoxy groups -OCH3 is 1. The first-order valence-corrected chi connectivity index (χ1v) is 14.4. The Labute approximate surface area is 250 Å². The molecule has 0 spiro atoms. The second kappa shape index (κ2) is 11.7. The SMILES string of the molecule is COc1cc2c3cc1Oc1ccc(O)c(c1)C(=O)NCCCOc1cccc(c1)C2N(C(=O)c1ccc(C)c(C)c1)CC3. The molecule has 4 aromatic carbocycles. The minimum Gasteiger partial charge on any atom is -0.507 e. The highest BCUT2D eigenvalue weighted by Gasteiger charge is 2.34. The van der Waals surface area contributed by atoms with Crippen molar-refractivity contribution in [2.45, 2.75) is 32.7 Å². The summed E-state index contributed by atoms with van der Waals surface area (Å²) in [5.41, 5.74) is 5.86. The number of carbonyl (C=O) groups is 2. The van der Waals surface area contributed by atoms with E-state index in [0.29, 0.717) is 61.1 Å². The van der Waals surface area contributed by atoms with Crippen LogP contribution in [0.1, 0.15) is 61.0 Å². The number of aryl methyl sites for hydroxylation is 2. The number of hydrogen-bond acceptors (Lipinski definition) is 6. The van der Waals surface area contributed by atoms with E-state index in [4.69, 9.17) is 14.2 Å². The Balaban J connectivity index is 1.48. The van der Waals surface area contributed by atoms with Crippen LogP contribution in [0.3, 0.4) is 0 Å². The van der Waals surface area contributed by atoms with Crippen LogP contribution in [-0.4, -0.2) is 48.6 Å². The van der Waals surface area contributed by atoms with Crippen LogP contribution in [0.2, 0.25) is 0 Å². The van der Waals surface area contributed by atoms with E-state index in [9.17, 15) is 14.7 Å². The van der Waals surface area contributed by atoms with Crippen molar-refractivity contribution in [3.63, 3.8) is 0 Å². The third-order valence-electron chi connectivity index (χ3n) is 8.16. The fourth-order valence-electron chi connectivity index (χ4n) is 5.71. The number of phenols is 1. The van der Waals surface area contributed by atoms with Crippen LogP contribution in [0, 0.1) is 13.8 Å². The van der Waals surface area contributed by atoms with Crippen molar-refractivity contribution in [1.29, 1.82) is 0 Å². The predicted octanol–water partition coefficient (Wildman–Crippen LogP) is 6.11. The largest absolute Gasteiger partial charge is 0.507 e. The lowest BCUT2D eigenvalue weighted by atomic mass is 9.87. The van der Waals surface area contributed by atoms with Gasteiger partial charge in [-0.3, -0.25) is 9.59 Å². The van der Waals surface area contributed by atoms with Gasteiger partial charge in [-0.1, -0.05) is 18.2 Å². The topological polar surface area (TPSA) is 97.3 Å². The lowest BCUT2D eigenvalue weighted by molar-refractivity contribution is 0.0693. The van der Waals surface area contributed by atoms with Gasteiger partial charge in [0.1, 0.15) is 17.2 Å². The molecule has 3 aliphatic rings. The maximum Gasteiger partial charge on any atom is 0.255 e. The molecule has 0 aliphatic carbocycles. The smallest absolute Gasteiger partial charge is 0.255 e. The molecule has 220 valence electrons. The van der Waals surface area contributed by atoms with Crippen molar-refractivity contribution in [2.24, 2.45) is 0 Å². The number of phenolic OH excluding ortho intramolecular Hbond substituents is 1. The van der Waals surface area contributed by atoms with E-state index < -0.39 is 5.91 Å². The van der Waals surface area contributed by atoms with Crippen LogP contribution in [-0.2, 0) is 6.42 Å². The molecule has 0 radical (unpaired) electrons. The third-order valence-corrected chi connectivity index (χ3v) is 8.16. The summed E-state index contributed by atoms with van der Waals surface area (Å²) in [5.74, 6) is 1.44. The van der Waals surface area contributed by atoms with Gasteiger partial charge < -0.3 is 29.5 Å².